The van der Waals surface area contributed by atoms with Gasteiger partial charge < -0.3 is 9.47 Å². The molecule has 0 saturated carbocycles. The summed E-state index contributed by atoms with van der Waals surface area (Å²) in [5.74, 6) is 1.67. The van der Waals surface area contributed by atoms with Gasteiger partial charge in [-0.15, -0.1) is 0 Å². The molecule has 0 amide bonds. The molecule has 0 spiro atoms. The molecule has 22 heavy (non-hydrogen) atoms. The predicted molar refractivity (Wildman–Crippen MR) is 88.6 cm³/mol. The molecule has 2 aliphatic heterocycles. The molecule has 2 atom stereocenters. The molecule has 0 aromatic heterocycles. The van der Waals surface area contributed by atoms with E-state index in [2.05, 4.69) is 28.9 Å². The third-order valence-corrected chi connectivity index (χ3v) is 4.98. The molecule has 2 aliphatic rings. The van der Waals surface area contributed by atoms with Crippen molar-refractivity contribution < 1.29 is 9.47 Å². The highest BCUT2D eigenvalue weighted by Crippen LogP contribution is 2.30. The predicted octanol–water partition coefficient (Wildman–Crippen LogP) is 2.76. The van der Waals surface area contributed by atoms with Crippen LogP contribution in [0.25, 0.3) is 0 Å². The van der Waals surface area contributed by atoms with E-state index in [1.165, 1.54) is 38.0 Å². The summed E-state index contributed by atoms with van der Waals surface area (Å²) >= 11 is 0. The zero-order valence-corrected chi connectivity index (χ0v) is 14.0. The highest BCUT2D eigenvalue weighted by molar-refractivity contribution is 5.43. The molecular formula is C18H28N2O2. The number of nitrogens with zero attached hydrogens (tertiary/aromatic N) is 2. The summed E-state index contributed by atoms with van der Waals surface area (Å²) in [6, 6.07) is 7.71. The monoisotopic (exact) mass is 304 g/mol. The van der Waals surface area contributed by atoms with Crippen molar-refractivity contribution in [1.82, 2.24) is 9.80 Å². The fourth-order valence-electron chi connectivity index (χ4n) is 3.79. The van der Waals surface area contributed by atoms with E-state index < -0.39 is 0 Å². The lowest BCUT2D eigenvalue weighted by atomic mass is 10.1. The van der Waals surface area contributed by atoms with Gasteiger partial charge in [0, 0.05) is 31.7 Å². The average Bonchev–Trinajstić information content (AvgIpc) is 2.96. The second kappa shape index (κ2) is 6.88. The van der Waals surface area contributed by atoms with Crippen LogP contribution in [0.3, 0.4) is 0 Å². The van der Waals surface area contributed by atoms with Crippen molar-refractivity contribution in [2.24, 2.45) is 0 Å². The molecule has 0 radical (unpaired) electrons. The van der Waals surface area contributed by atoms with E-state index in [0.717, 1.165) is 24.1 Å². The normalized spacial score (nSPS) is 26.0. The van der Waals surface area contributed by atoms with Crippen LogP contribution >= 0.6 is 0 Å². The molecule has 122 valence electrons. The molecule has 0 unspecified atom stereocenters. The lowest BCUT2D eigenvalue weighted by Gasteiger charge is -2.42. The zero-order valence-electron chi connectivity index (χ0n) is 14.0. The Morgan fingerprint density at radius 3 is 2.86 bits per heavy atom. The molecule has 2 fully saturated rings. The first-order chi connectivity index (χ1) is 10.7. The molecule has 1 aromatic carbocycles. The number of hydrogen-bond donors (Lipinski definition) is 0. The quantitative estimate of drug-likeness (QED) is 0.835. The van der Waals surface area contributed by atoms with Crippen LogP contribution in [0, 0.1) is 0 Å². The van der Waals surface area contributed by atoms with E-state index in [4.69, 9.17) is 9.47 Å². The molecule has 2 saturated heterocycles. The van der Waals surface area contributed by atoms with Crippen LogP contribution in [-0.2, 0) is 6.54 Å². The number of fused-ring (bicyclic) bond motifs is 1. The van der Waals surface area contributed by atoms with E-state index in [1.807, 2.05) is 13.0 Å². The maximum atomic E-state index is 5.61. The van der Waals surface area contributed by atoms with Gasteiger partial charge in [-0.1, -0.05) is 6.07 Å². The van der Waals surface area contributed by atoms with Gasteiger partial charge >= 0.3 is 0 Å². The maximum Gasteiger partial charge on any atom is 0.161 e. The number of methoxy groups -OCH3 is 1. The largest absolute Gasteiger partial charge is 0.493 e. The molecule has 3 rings (SSSR count). The molecule has 0 bridgehead atoms. The van der Waals surface area contributed by atoms with Crippen LogP contribution in [0.4, 0.5) is 0 Å². The van der Waals surface area contributed by atoms with Gasteiger partial charge in [-0.3, -0.25) is 9.80 Å². The van der Waals surface area contributed by atoms with Gasteiger partial charge in [0.05, 0.1) is 13.7 Å². The molecule has 2 heterocycles. The summed E-state index contributed by atoms with van der Waals surface area (Å²) < 4.78 is 11.1. The summed E-state index contributed by atoms with van der Waals surface area (Å²) in [5.41, 5.74) is 1.30. The van der Waals surface area contributed by atoms with Crippen molar-refractivity contribution in [1.29, 1.82) is 0 Å². The number of piperazine rings is 1. The molecule has 0 aliphatic carbocycles. The Labute approximate surface area is 134 Å². The van der Waals surface area contributed by atoms with Gasteiger partial charge in [0.1, 0.15) is 0 Å². The Hall–Kier alpha value is -1.26. The van der Waals surface area contributed by atoms with Gasteiger partial charge in [0.2, 0.25) is 0 Å². The maximum absolute atomic E-state index is 5.61. The Bertz CT molecular complexity index is 506. The molecular weight excluding hydrogens is 276 g/mol. The van der Waals surface area contributed by atoms with Crippen LogP contribution < -0.4 is 9.47 Å². The fourth-order valence-corrected chi connectivity index (χ4v) is 3.79. The van der Waals surface area contributed by atoms with E-state index in [-0.39, 0.29) is 0 Å². The minimum absolute atomic E-state index is 0.618. The third kappa shape index (κ3) is 3.23. The topological polar surface area (TPSA) is 24.9 Å². The highest BCUT2D eigenvalue weighted by atomic mass is 16.5. The van der Waals surface area contributed by atoms with Gasteiger partial charge in [0.15, 0.2) is 11.5 Å². The summed E-state index contributed by atoms with van der Waals surface area (Å²) in [4.78, 5) is 5.28. The first-order valence-electron chi connectivity index (χ1n) is 8.49. The Kier molecular flexibility index (Phi) is 4.89. The van der Waals surface area contributed by atoms with E-state index >= 15 is 0 Å². The summed E-state index contributed by atoms with van der Waals surface area (Å²) in [7, 11) is 1.71. The smallest absolute Gasteiger partial charge is 0.161 e. The number of rotatable bonds is 5. The summed E-state index contributed by atoms with van der Waals surface area (Å²) in [5, 5.41) is 0. The minimum atomic E-state index is 0.618. The number of benzene rings is 1. The van der Waals surface area contributed by atoms with E-state index in [1.54, 1.807) is 7.11 Å². The van der Waals surface area contributed by atoms with Crippen molar-refractivity contribution in [2.45, 2.75) is 45.3 Å². The van der Waals surface area contributed by atoms with Crippen molar-refractivity contribution in [3.63, 3.8) is 0 Å². The van der Waals surface area contributed by atoms with Crippen LogP contribution in [-0.4, -0.2) is 55.2 Å². The standard InChI is InChI=1S/C18H28N2O2/c1-4-22-17-8-7-15(10-18(17)21-3)12-20-13-16-6-5-9-19(16)11-14(20)2/h7-8,10,14,16H,4-6,9,11-13H2,1-3H3/t14-,16-/m0/s1. The van der Waals surface area contributed by atoms with Crippen molar-refractivity contribution in [3.8, 4) is 11.5 Å². The fraction of sp³-hybridized carbons (Fsp3) is 0.667. The average molecular weight is 304 g/mol. The molecule has 1 aromatic rings. The van der Waals surface area contributed by atoms with Crippen molar-refractivity contribution in [3.05, 3.63) is 23.8 Å². The second-order valence-corrected chi connectivity index (χ2v) is 6.49. The van der Waals surface area contributed by atoms with Gasteiger partial charge in [-0.05, 0) is 50.9 Å². The van der Waals surface area contributed by atoms with Gasteiger partial charge in [-0.2, -0.15) is 0 Å². The van der Waals surface area contributed by atoms with Crippen LogP contribution in [0.1, 0.15) is 32.3 Å². The zero-order chi connectivity index (χ0) is 15.5. The van der Waals surface area contributed by atoms with E-state index in [9.17, 15) is 0 Å². The lowest BCUT2D eigenvalue weighted by molar-refractivity contribution is 0.0540. The third-order valence-electron chi connectivity index (χ3n) is 4.98. The summed E-state index contributed by atoms with van der Waals surface area (Å²) in [6.45, 7) is 9.69. The molecule has 0 N–H and O–H groups in total. The van der Waals surface area contributed by atoms with Crippen molar-refractivity contribution in [2.75, 3.05) is 33.4 Å². The van der Waals surface area contributed by atoms with Crippen molar-refractivity contribution >= 4 is 0 Å². The van der Waals surface area contributed by atoms with E-state index in [0.29, 0.717) is 12.6 Å². The SMILES string of the molecule is CCOc1ccc(CN2C[C@@H]3CCCN3C[C@@H]2C)cc1OC. The molecule has 4 heteroatoms. The Balaban J connectivity index is 1.69. The van der Waals surface area contributed by atoms with Gasteiger partial charge in [-0.25, -0.2) is 0 Å². The minimum Gasteiger partial charge on any atom is -0.493 e. The summed E-state index contributed by atoms with van der Waals surface area (Å²) in [6.07, 6.45) is 2.72. The van der Waals surface area contributed by atoms with Crippen LogP contribution in [0.15, 0.2) is 18.2 Å². The van der Waals surface area contributed by atoms with Gasteiger partial charge in [0.25, 0.3) is 0 Å². The second-order valence-electron chi connectivity index (χ2n) is 6.49. The number of ether oxygens (including phenoxy) is 2. The molecule has 4 nitrogen and oxygen atoms in total. The number of hydrogen-bond acceptors (Lipinski definition) is 4. The highest BCUT2D eigenvalue weighted by Gasteiger charge is 2.34. The first kappa shape index (κ1) is 15.6. The van der Waals surface area contributed by atoms with Crippen LogP contribution in [0.2, 0.25) is 0 Å². The van der Waals surface area contributed by atoms with Crippen LogP contribution in [0.5, 0.6) is 11.5 Å². The Morgan fingerprint density at radius 2 is 2.09 bits per heavy atom. The first-order valence-corrected chi connectivity index (χ1v) is 8.49. The lowest BCUT2D eigenvalue weighted by Crippen LogP contribution is -2.54. The Morgan fingerprint density at radius 1 is 1.23 bits per heavy atom.